The van der Waals surface area contributed by atoms with Crippen molar-refractivity contribution >= 4 is 5.69 Å². The lowest BCUT2D eigenvalue weighted by Crippen LogP contribution is -2.36. The van der Waals surface area contributed by atoms with Gasteiger partial charge in [-0.05, 0) is 24.3 Å². The van der Waals surface area contributed by atoms with E-state index < -0.39 is 23.7 Å². The number of halogens is 3. The van der Waals surface area contributed by atoms with Crippen LogP contribution < -0.4 is 5.06 Å². The maximum atomic E-state index is 12.8. The fourth-order valence-electron chi connectivity index (χ4n) is 1.61. The van der Waals surface area contributed by atoms with Crippen LogP contribution in [0.1, 0.15) is 12.0 Å². The van der Waals surface area contributed by atoms with Crippen molar-refractivity contribution in [3.8, 4) is 5.75 Å². The summed E-state index contributed by atoms with van der Waals surface area (Å²) in [5.41, 5.74) is -1.42. The molecule has 1 aromatic rings. The van der Waals surface area contributed by atoms with Gasteiger partial charge in [-0.3, -0.25) is 0 Å². The minimum atomic E-state index is -4.65. The summed E-state index contributed by atoms with van der Waals surface area (Å²) in [6, 6.07) is 2.73. The van der Waals surface area contributed by atoms with E-state index in [0.717, 1.165) is 17.2 Å². The van der Waals surface area contributed by atoms with Gasteiger partial charge in [0.2, 0.25) is 0 Å². The summed E-state index contributed by atoms with van der Waals surface area (Å²) in [6.07, 6.45) is -3.02. The third kappa shape index (κ3) is 2.35. The number of aliphatic hydroxyl groups is 1. The van der Waals surface area contributed by atoms with E-state index in [1.165, 1.54) is 12.3 Å². The molecule has 0 bridgehead atoms. The predicted molar refractivity (Wildman–Crippen MR) is 56.4 cm³/mol. The second-order valence-electron chi connectivity index (χ2n) is 3.72. The molecule has 0 aliphatic carbocycles. The number of aliphatic hydroxyl groups excluding tert-OH is 1. The van der Waals surface area contributed by atoms with E-state index in [1.54, 1.807) is 0 Å². The average molecular weight is 261 g/mol. The molecule has 1 heterocycles. The SMILES string of the molecule is Oc1ccc(N2OC=CCC2O)c(C(F)(F)F)c1. The maximum absolute atomic E-state index is 12.8. The number of rotatable bonds is 1. The number of benzene rings is 1. The van der Waals surface area contributed by atoms with E-state index in [-0.39, 0.29) is 12.1 Å². The summed E-state index contributed by atoms with van der Waals surface area (Å²) in [7, 11) is 0. The number of phenols is 1. The molecule has 4 nitrogen and oxygen atoms in total. The highest BCUT2D eigenvalue weighted by molar-refractivity contribution is 5.56. The molecule has 0 saturated carbocycles. The van der Waals surface area contributed by atoms with Gasteiger partial charge in [-0.25, -0.2) is 0 Å². The van der Waals surface area contributed by atoms with Gasteiger partial charge in [0.1, 0.15) is 12.0 Å². The quantitative estimate of drug-likeness (QED) is 0.815. The van der Waals surface area contributed by atoms with Gasteiger partial charge in [0, 0.05) is 6.42 Å². The summed E-state index contributed by atoms with van der Waals surface area (Å²) in [5.74, 6) is -0.506. The van der Waals surface area contributed by atoms with Crippen LogP contribution in [0.2, 0.25) is 0 Å². The van der Waals surface area contributed by atoms with Crippen molar-refractivity contribution in [3.63, 3.8) is 0 Å². The summed E-state index contributed by atoms with van der Waals surface area (Å²) in [5, 5.41) is 19.5. The second kappa shape index (κ2) is 4.41. The predicted octanol–water partition coefficient (Wildman–Crippen LogP) is 2.38. The molecule has 98 valence electrons. The molecule has 2 rings (SSSR count). The van der Waals surface area contributed by atoms with E-state index in [4.69, 9.17) is 9.94 Å². The lowest BCUT2D eigenvalue weighted by Gasteiger charge is -2.31. The minimum absolute atomic E-state index is 0.151. The first-order chi connectivity index (χ1) is 8.39. The molecule has 1 atom stereocenters. The normalized spacial score (nSPS) is 19.8. The summed E-state index contributed by atoms with van der Waals surface area (Å²) < 4.78 is 38.5. The van der Waals surface area contributed by atoms with E-state index in [9.17, 15) is 18.3 Å². The fraction of sp³-hybridized carbons (Fsp3) is 0.273. The standard InChI is InChI=1S/C11H10F3NO3/c12-11(13,14)8-6-7(16)3-4-9(8)15-10(17)2-1-5-18-15/h1,3-6,10,16-17H,2H2. The monoisotopic (exact) mass is 261 g/mol. The van der Waals surface area contributed by atoms with Crippen LogP contribution in [0.5, 0.6) is 5.75 Å². The number of nitrogens with zero attached hydrogens (tertiary/aromatic N) is 1. The Bertz CT molecular complexity index is 473. The van der Waals surface area contributed by atoms with Crippen molar-refractivity contribution in [3.05, 3.63) is 36.1 Å². The first-order valence-electron chi connectivity index (χ1n) is 5.09. The first kappa shape index (κ1) is 12.6. The molecule has 0 radical (unpaired) electrons. The van der Waals surface area contributed by atoms with Crippen molar-refractivity contribution in [1.29, 1.82) is 0 Å². The molecule has 1 unspecified atom stereocenters. The Morgan fingerprint density at radius 1 is 1.33 bits per heavy atom. The van der Waals surface area contributed by atoms with Crippen LogP contribution in [0.4, 0.5) is 18.9 Å². The molecule has 7 heteroatoms. The van der Waals surface area contributed by atoms with Crippen LogP contribution in [0.15, 0.2) is 30.5 Å². The molecule has 18 heavy (non-hydrogen) atoms. The van der Waals surface area contributed by atoms with Crippen LogP contribution in [-0.4, -0.2) is 16.4 Å². The minimum Gasteiger partial charge on any atom is -0.508 e. The molecular formula is C11H10F3NO3. The highest BCUT2D eigenvalue weighted by Crippen LogP contribution is 2.39. The Hall–Kier alpha value is -1.89. The van der Waals surface area contributed by atoms with E-state index >= 15 is 0 Å². The molecule has 1 aliphatic rings. The largest absolute Gasteiger partial charge is 0.508 e. The summed E-state index contributed by atoms with van der Waals surface area (Å²) >= 11 is 0. The van der Waals surface area contributed by atoms with Crippen LogP contribution in [0, 0.1) is 0 Å². The van der Waals surface area contributed by atoms with Crippen LogP contribution in [-0.2, 0) is 11.0 Å². The van der Waals surface area contributed by atoms with Crippen molar-refractivity contribution in [2.75, 3.05) is 5.06 Å². The molecule has 0 spiro atoms. The van der Waals surface area contributed by atoms with E-state index in [1.807, 2.05) is 0 Å². The van der Waals surface area contributed by atoms with Gasteiger partial charge in [0.05, 0.1) is 11.3 Å². The molecule has 0 amide bonds. The van der Waals surface area contributed by atoms with Crippen molar-refractivity contribution in [2.45, 2.75) is 18.8 Å². The molecule has 0 saturated heterocycles. The highest BCUT2D eigenvalue weighted by Gasteiger charge is 2.37. The smallest absolute Gasteiger partial charge is 0.418 e. The Morgan fingerprint density at radius 3 is 2.67 bits per heavy atom. The van der Waals surface area contributed by atoms with Gasteiger partial charge in [-0.2, -0.15) is 18.2 Å². The zero-order chi connectivity index (χ0) is 13.3. The first-order valence-corrected chi connectivity index (χ1v) is 5.09. The third-order valence-corrected chi connectivity index (χ3v) is 2.41. The molecule has 1 aliphatic heterocycles. The van der Waals surface area contributed by atoms with Gasteiger partial charge in [-0.1, -0.05) is 0 Å². The van der Waals surface area contributed by atoms with Gasteiger partial charge in [0.25, 0.3) is 0 Å². The van der Waals surface area contributed by atoms with Crippen molar-refractivity contribution in [2.24, 2.45) is 0 Å². The Morgan fingerprint density at radius 2 is 2.06 bits per heavy atom. The summed E-state index contributed by atoms with van der Waals surface area (Å²) in [6.45, 7) is 0. The highest BCUT2D eigenvalue weighted by atomic mass is 19.4. The zero-order valence-corrected chi connectivity index (χ0v) is 9.05. The molecule has 2 N–H and O–H groups in total. The number of hydrogen-bond acceptors (Lipinski definition) is 4. The van der Waals surface area contributed by atoms with Gasteiger partial charge < -0.3 is 15.1 Å². The number of phenolic OH excluding ortho intramolecular Hbond substituents is 1. The van der Waals surface area contributed by atoms with Gasteiger partial charge >= 0.3 is 6.18 Å². The van der Waals surface area contributed by atoms with Gasteiger partial charge in [-0.15, -0.1) is 0 Å². The topological polar surface area (TPSA) is 52.9 Å². The number of hydrogen-bond donors (Lipinski definition) is 2. The Kier molecular flexibility index (Phi) is 3.08. The lowest BCUT2D eigenvalue weighted by atomic mass is 10.1. The summed E-state index contributed by atoms with van der Waals surface area (Å²) in [4.78, 5) is 4.87. The van der Waals surface area contributed by atoms with Crippen LogP contribution in [0.25, 0.3) is 0 Å². The average Bonchev–Trinajstić information content (AvgIpc) is 2.29. The lowest BCUT2D eigenvalue weighted by molar-refractivity contribution is -0.138. The van der Waals surface area contributed by atoms with Gasteiger partial charge in [0.15, 0.2) is 6.23 Å². The number of anilines is 1. The molecular weight excluding hydrogens is 251 g/mol. The van der Waals surface area contributed by atoms with Crippen molar-refractivity contribution in [1.82, 2.24) is 0 Å². The number of aromatic hydroxyl groups is 1. The zero-order valence-electron chi connectivity index (χ0n) is 9.05. The van der Waals surface area contributed by atoms with E-state index in [0.29, 0.717) is 6.07 Å². The van der Waals surface area contributed by atoms with Crippen LogP contribution in [0.3, 0.4) is 0 Å². The number of hydroxylamine groups is 1. The van der Waals surface area contributed by atoms with Crippen molar-refractivity contribution < 1.29 is 28.2 Å². The van der Waals surface area contributed by atoms with E-state index in [2.05, 4.69) is 0 Å². The molecule has 0 fully saturated rings. The second-order valence-corrected chi connectivity index (χ2v) is 3.72. The Labute approximate surface area is 100 Å². The Balaban J connectivity index is 2.47. The number of alkyl halides is 3. The molecule has 1 aromatic carbocycles. The maximum Gasteiger partial charge on any atom is 0.418 e. The fourth-order valence-corrected chi connectivity index (χ4v) is 1.61. The molecule has 0 aromatic heterocycles. The third-order valence-electron chi connectivity index (χ3n) is 2.41. The van der Waals surface area contributed by atoms with Crippen LogP contribution >= 0.6 is 0 Å².